The van der Waals surface area contributed by atoms with E-state index in [9.17, 15) is 9.18 Å². The second-order valence-corrected chi connectivity index (χ2v) is 7.43. The van der Waals surface area contributed by atoms with Gasteiger partial charge in [0.15, 0.2) is 0 Å². The van der Waals surface area contributed by atoms with Gasteiger partial charge in [-0.3, -0.25) is 0 Å². The SMILES string of the molecule is Cc1cccc(NC(=O)N2CCC[C@@H](c3nc(-c4ccc(F)cc4)no3)C2)c1C. The molecule has 1 fully saturated rings. The second-order valence-electron chi connectivity index (χ2n) is 7.43. The van der Waals surface area contributed by atoms with E-state index < -0.39 is 0 Å². The van der Waals surface area contributed by atoms with E-state index in [2.05, 4.69) is 15.5 Å². The lowest BCUT2D eigenvalue weighted by atomic mass is 9.98. The summed E-state index contributed by atoms with van der Waals surface area (Å²) in [5.74, 6) is 0.607. The number of piperidine rings is 1. The molecule has 3 aromatic rings. The van der Waals surface area contributed by atoms with Crippen LogP contribution < -0.4 is 5.32 Å². The van der Waals surface area contributed by atoms with Crippen molar-refractivity contribution >= 4 is 11.7 Å². The molecule has 0 spiro atoms. The van der Waals surface area contributed by atoms with Crippen molar-refractivity contribution < 1.29 is 13.7 Å². The van der Waals surface area contributed by atoms with Crippen LogP contribution in [0.25, 0.3) is 11.4 Å². The highest BCUT2D eigenvalue weighted by Gasteiger charge is 2.29. The molecule has 2 aromatic carbocycles. The summed E-state index contributed by atoms with van der Waals surface area (Å²) in [6.07, 6.45) is 1.73. The summed E-state index contributed by atoms with van der Waals surface area (Å²) < 4.78 is 18.6. The van der Waals surface area contributed by atoms with Crippen LogP contribution in [0, 0.1) is 19.7 Å². The number of likely N-dealkylation sites (tertiary alicyclic amines) is 1. The number of benzene rings is 2. The number of aryl methyl sites for hydroxylation is 1. The van der Waals surface area contributed by atoms with Gasteiger partial charge in [0.25, 0.3) is 0 Å². The number of nitrogens with one attached hydrogen (secondary N) is 1. The molecule has 0 radical (unpaired) electrons. The van der Waals surface area contributed by atoms with Crippen LogP contribution in [-0.2, 0) is 0 Å². The molecule has 1 saturated heterocycles. The average Bonchev–Trinajstić information content (AvgIpc) is 3.22. The Labute approximate surface area is 168 Å². The molecule has 0 saturated carbocycles. The van der Waals surface area contributed by atoms with Crippen LogP contribution in [0.3, 0.4) is 0 Å². The Balaban J connectivity index is 1.45. The van der Waals surface area contributed by atoms with Gasteiger partial charge in [0.2, 0.25) is 11.7 Å². The largest absolute Gasteiger partial charge is 0.339 e. The quantitative estimate of drug-likeness (QED) is 0.686. The van der Waals surface area contributed by atoms with Crippen molar-refractivity contribution in [2.45, 2.75) is 32.6 Å². The fourth-order valence-electron chi connectivity index (χ4n) is 3.56. The highest BCUT2D eigenvalue weighted by atomic mass is 19.1. The summed E-state index contributed by atoms with van der Waals surface area (Å²) in [4.78, 5) is 19.0. The standard InChI is InChI=1S/C22H23FN4O2/c1-14-5-3-7-19(15(14)2)24-22(28)27-12-4-6-17(13-27)21-25-20(26-29-21)16-8-10-18(23)11-9-16/h3,5,7-11,17H,4,6,12-13H2,1-2H3,(H,24,28)/t17-/m1/s1. The number of hydrogen-bond acceptors (Lipinski definition) is 4. The third-order valence-corrected chi connectivity index (χ3v) is 5.45. The number of halogens is 1. The first kappa shape index (κ1) is 19.1. The number of carbonyl (C=O) groups excluding carboxylic acids is 1. The highest BCUT2D eigenvalue weighted by Crippen LogP contribution is 2.28. The van der Waals surface area contributed by atoms with Gasteiger partial charge >= 0.3 is 6.03 Å². The Kier molecular flexibility index (Phi) is 5.29. The highest BCUT2D eigenvalue weighted by molar-refractivity contribution is 5.90. The maximum atomic E-state index is 13.1. The molecule has 1 N–H and O–H groups in total. The number of aromatic nitrogens is 2. The zero-order valence-corrected chi connectivity index (χ0v) is 16.5. The fourth-order valence-corrected chi connectivity index (χ4v) is 3.56. The van der Waals surface area contributed by atoms with Crippen molar-refractivity contribution in [2.24, 2.45) is 0 Å². The summed E-state index contributed by atoms with van der Waals surface area (Å²) in [5.41, 5.74) is 3.73. The fraction of sp³-hybridized carbons (Fsp3) is 0.318. The summed E-state index contributed by atoms with van der Waals surface area (Å²) >= 11 is 0. The first-order valence-electron chi connectivity index (χ1n) is 9.73. The number of urea groups is 1. The van der Waals surface area contributed by atoms with Crippen molar-refractivity contribution in [3.05, 3.63) is 65.3 Å². The molecule has 7 heteroatoms. The smallest absolute Gasteiger partial charge is 0.321 e. The molecule has 0 unspecified atom stereocenters. The van der Waals surface area contributed by atoms with E-state index >= 15 is 0 Å². The van der Waals surface area contributed by atoms with Gasteiger partial charge in [-0.15, -0.1) is 0 Å². The van der Waals surface area contributed by atoms with Crippen LogP contribution in [0.2, 0.25) is 0 Å². The molecule has 1 aromatic heterocycles. The number of anilines is 1. The van der Waals surface area contributed by atoms with Crippen LogP contribution in [0.4, 0.5) is 14.9 Å². The summed E-state index contributed by atoms with van der Waals surface area (Å²) in [5, 5.41) is 7.04. The summed E-state index contributed by atoms with van der Waals surface area (Å²) in [7, 11) is 0. The van der Waals surface area contributed by atoms with Gasteiger partial charge in [-0.1, -0.05) is 17.3 Å². The number of amides is 2. The molecule has 1 atom stereocenters. The van der Waals surface area contributed by atoms with Gasteiger partial charge in [0, 0.05) is 24.3 Å². The lowest BCUT2D eigenvalue weighted by molar-refractivity contribution is 0.184. The molecule has 0 aliphatic carbocycles. The van der Waals surface area contributed by atoms with Crippen LogP contribution in [0.15, 0.2) is 47.0 Å². The van der Waals surface area contributed by atoms with Crippen LogP contribution in [0.5, 0.6) is 0 Å². The van der Waals surface area contributed by atoms with E-state index in [0.29, 0.717) is 30.4 Å². The predicted octanol–water partition coefficient (Wildman–Crippen LogP) is 4.90. The maximum Gasteiger partial charge on any atom is 0.321 e. The molecule has 2 amide bonds. The molecule has 2 heterocycles. The Hall–Kier alpha value is -3.22. The van der Waals surface area contributed by atoms with Gasteiger partial charge in [-0.05, 0) is 68.1 Å². The van der Waals surface area contributed by atoms with Crippen LogP contribution in [0.1, 0.15) is 35.8 Å². The van der Waals surface area contributed by atoms with Gasteiger partial charge in [0.1, 0.15) is 5.82 Å². The number of rotatable bonds is 3. The number of carbonyl (C=O) groups is 1. The van der Waals surface area contributed by atoms with E-state index in [1.54, 1.807) is 17.0 Å². The molecule has 1 aliphatic rings. The zero-order chi connectivity index (χ0) is 20.4. The van der Waals surface area contributed by atoms with Crippen molar-refractivity contribution in [1.82, 2.24) is 15.0 Å². The maximum absolute atomic E-state index is 13.1. The van der Waals surface area contributed by atoms with E-state index in [-0.39, 0.29) is 17.8 Å². The van der Waals surface area contributed by atoms with E-state index in [1.807, 2.05) is 32.0 Å². The molecule has 0 bridgehead atoms. The molecular weight excluding hydrogens is 371 g/mol. The molecule has 4 rings (SSSR count). The Morgan fingerprint density at radius 3 is 2.79 bits per heavy atom. The number of hydrogen-bond donors (Lipinski definition) is 1. The first-order chi connectivity index (χ1) is 14.0. The molecule has 150 valence electrons. The van der Waals surface area contributed by atoms with Gasteiger partial charge in [-0.2, -0.15) is 4.98 Å². The Bertz CT molecular complexity index is 1020. The lowest BCUT2D eigenvalue weighted by Gasteiger charge is -2.31. The van der Waals surface area contributed by atoms with Crippen molar-refractivity contribution in [3.63, 3.8) is 0 Å². The lowest BCUT2D eigenvalue weighted by Crippen LogP contribution is -2.41. The first-order valence-corrected chi connectivity index (χ1v) is 9.73. The zero-order valence-electron chi connectivity index (χ0n) is 16.5. The summed E-state index contributed by atoms with van der Waals surface area (Å²) in [6, 6.07) is 11.7. The molecular formula is C22H23FN4O2. The van der Waals surface area contributed by atoms with Gasteiger partial charge in [0.05, 0.1) is 5.92 Å². The minimum Gasteiger partial charge on any atom is -0.339 e. The minimum absolute atomic E-state index is 0.0187. The topological polar surface area (TPSA) is 71.3 Å². The van der Waals surface area contributed by atoms with Crippen molar-refractivity contribution in [2.75, 3.05) is 18.4 Å². The third kappa shape index (κ3) is 4.13. The summed E-state index contributed by atoms with van der Waals surface area (Å²) in [6.45, 7) is 5.23. The van der Waals surface area contributed by atoms with Gasteiger partial charge < -0.3 is 14.7 Å². The van der Waals surface area contributed by atoms with E-state index in [4.69, 9.17) is 4.52 Å². The predicted molar refractivity (Wildman–Crippen MR) is 108 cm³/mol. The Morgan fingerprint density at radius 1 is 1.21 bits per heavy atom. The van der Waals surface area contributed by atoms with Crippen LogP contribution >= 0.6 is 0 Å². The Morgan fingerprint density at radius 2 is 2.00 bits per heavy atom. The third-order valence-electron chi connectivity index (χ3n) is 5.45. The monoisotopic (exact) mass is 394 g/mol. The second kappa shape index (κ2) is 8.03. The number of nitrogens with zero attached hydrogens (tertiary/aromatic N) is 3. The van der Waals surface area contributed by atoms with Crippen molar-refractivity contribution in [1.29, 1.82) is 0 Å². The molecule has 29 heavy (non-hydrogen) atoms. The average molecular weight is 394 g/mol. The van der Waals surface area contributed by atoms with Crippen molar-refractivity contribution in [3.8, 4) is 11.4 Å². The van der Waals surface area contributed by atoms with E-state index in [1.165, 1.54) is 12.1 Å². The minimum atomic E-state index is -0.310. The molecule has 6 nitrogen and oxygen atoms in total. The van der Waals surface area contributed by atoms with Gasteiger partial charge in [-0.25, -0.2) is 9.18 Å². The normalized spacial score (nSPS) is 16.7. The van der Waals surface area contributed by atoms with E-state index in [0.717, 1.165) is 29.7 Å². The molecule has 1 aliphatic heterocycles. The van der Waals surface area contributed by atoms with Crippen LogP contribution in [-0.4, -0.2) is 34.2 Å².